The number of ether oxygens (including phenoxy) is 1. The van der Waals surface area contributed by atoms with Crippen LogP contribution in [0.3, 0.4) is 0 Å². The molecule has 8 heteroatoms. The lowest BCUT2D eigenvalue weighted by Gasteiger charge is -2.03. The summed E-state index contributed by atoms with van der Waals surface area (Å²) in [7, 11) is 0. The number of hydrogen-bond acceptors (Lipinski definition) is 7. The predicted molar refractivity (Wildman–Crippen MR) is 65.0 cm³/mol. The lowest BCUT2D eigenvalue weighted by atomic mass is 10.3. The molecular weight excluding hydrogens is 264 g/mol. The van der Waals surface area contributed by atoms with Crippen LogP contribution in [0.5, 0.6) is 0 Å². The van der Waals surface area contributed by atoms with Gasteiger partial charge in [-0.25, -0.2) is 9.78 Å². The molecule has 1 fully saturated rings. The molecule has 0 aromatic carbocycles. The Morgan fingerprint density at radius 3 is 2.95 bits per heavy atom. The Kier molecular flexibility index (Phi) is 3.05. The highest BCUT2D eigenvalue weighted by atomic mass is 16.5. The fraction of sp³-hybridized carbons (Fsp3) is 0.417. The summed E-state index contributed by atoms with van der Waals surface area (Å²) in [4.78, 5) is 34.0. The Hall–Kier alpha value is -2.51. The monoisotopic (exact) mass is 276 g/mol. The molecule has 0 aliphatic heterocycles. The number of rotatable bonds is 4. The quantitative estimate of drug-likeness (QED) is 0.818. The molecule has 0 radical (unpaired) electrons. The average molecular weight is 276 g/mol. The summed E-state index contributed by atoms with van der Waals surface area (Å²) in [5.41, 5.74) is -0.361. The van der Waals surface area contributed by atoms with Crippen molar-refractivity contribution in [2.45, 2.75) is 32.3 Å². The van der Waals surface area contributed by atoms with Gasteiger partial charge in [-0.2, -0.15) is 4.98 Å². The van der Waals surface area contributed by atoms with E-state index in [0.29, 0.717) is 11.7 Å². The zero-order valence-corrected chi connectivity index (χ0v) is 10.8. The summed E-state index contributed by atoms with van der Waals surface area (Å²) in [6.07, 6.45) is 1.95. The third-order valence-electron chi connectivity index (χ3n) is 2.84. The number of aromatic amines is 1. The zero-order chi connectivity index (χ0) is 14.1. The first kappa shape index (κ1) is 12.5. The minimum atomic E-state index is -0.680. The maximum atomic E-state index is 11.8. The maximum absolute atomic E-state index is 11.8. The molecule has 0 saturated heterocycles. The van der Waals surface area contributed by atoms with Gasteiger partial charge in [0.05, 0.1) is 0 Å². The average Bonchev–Trinajstić information content (AvgIpc) is 3.19. The Labute approximate surface area is 113 Å². The third-order valence-corrected chi connectivity index (χ3v) is 2.84. The van der Waals surface area contributed by atoms with E-state index in [1.54, 1.807) is 6.92 Å². The first-order valence-corrected chi connectivity index (χ1v) is 6.19. The van der Waals surface area contributed by atoms with Crippen LogP contribution in [0, 0.1) is 6.92 Å². The van der Waals surface area contributed by atoms with Crippen LogP contribution >= 0.6 is 0 Å². The second kappa shape index (κ2) is 4.87. The fourth-order valence-electron chi connectivity index (χ4n) is 1.74. The summed E-state index contributed by atoms with van der Waals surface area (Å²) in [5.74, 6) is 0.764. The number of nitrogens with one attached hydrogen (secondary N) is 1. The van der Waals surface area contributed by atoms with E-state index in [9.17, 15) is 9.59 Å². The summed E-state index contributed by atoms with van der Waals surface area (Å²) in [5, 5.41) is 3.60. The molecule has 0 unspecified atom stereocenters. The van der Waals surface area contributed by atoms with Crippen LogP contribution in [0.15, 0.2) is 15.4 Å². The molecule has 0 amide bonds. The van der Waals surface area contributed by atoms with Crippen molar-refractivity contribution in [3.8, 4) is 0 Å². The number of aromatic nitrogens is 4. The number of aryl methyl sites for hydroxylation is 1. The van der Waals surface area contributed by atoms with E-state index in [2.05, 4.69) is 20.1 Å². The topological polar surface area (TPSA) is 111 Å². The number of carbonyl (C=O) groups is 1. The van der Waals surface area contributed by atoms with Crippen molar-refractivity contribution in [2.75, 3.05) is 0 Å². The molecule has 1 N–H and O–H groups in total. The van der Waals surface area contributed by atoms with Gasteiger partial charge in [0.15, 0.2) is 12.3 Å². The molecule has 3 rings (SSSR count). The van der Waals surface area contributed by atoms with E-state index in [0.717, 1.165) is 18.9 Å². The van der Waals surface area contributed by atoms with Crippen molar-refractivity contribution < 1.29 is 14.1 Å². The molecule has 2 heterocycles. The highest BCUT2D eigenvalue weighted by Crippen LogP contribution is 2.37. The largest absolute Gasteiger partial charge is 0.453 e. The normalized spacial score (nSPS) is 14.2. The van der Waals surface area contributed by atoms with E-state index < -0.39 is 5.97 Å². The first-order chi connectivity index (χ1) is 9.61. The van der Waals surface area contributed by atoms with Crippen LogP contribution < -0.4 is 5.56 Å². The lowest BCUT2D eigenvalue weighted by molar-refractivity contribution is 0.0452. The molecule has 2 aromatic rings. The van der Waals surface area contributed by atoms with Gasteiger partial charge in [-0.05, 0) is 12.8 Å². The van der Waals surface area contributed by atoms with Crippen molar-refractivity contribution in [1.29, 1.82) is 0 Å². The molecule has 20 heavy (non-hydrogen) atoms. The zero-order valence-electron chi connectivity index (χ0n) is 10.8. The molecule has 104 valence electrons. The van der Waals surface area contributed by atoms with Crippen molar-refractivity contribution in [3.05, 3.63) is 39.7 Å². The molecule has 0 spiro atoms. The smallest absolute Gasteiger partial charge is 0.357 e. The second-order valence-electron chi connectivity index (χ2n) is 4.60. The van der Waals surface area contributed by atoms with Crippen molar-refractivity contribution in [2.24, 2.45) is 0 Å². The van der Waals surface area contributed by atoms with E-state index in [1.165, 1.54) is 0 Å². The van der Waals surface area contributed by atoms with Gasteiger partial charge < -0.3 is 14.2 Å². The highest BCUT2D eigenvalue weighted by Gasteiger charge is 2.27. The lowest BCUT2D eigenvalue weighted by Crippen LogP contribution is -2.17. The summed E-state index contributed by atoms with van der Waals surface area (Å²) >= 11 is 0. The standard InChI is InChI=1S/C12H12N4O4/c1-6-13-9(16-20-6)5-19-12(18)8-4-10(17)15-11(14-8)7-2-3-7/h4,7H,2-3,5H2,1H3,(H,14,15,17). The molecule has 2 aromatic heterocycles. The molecule has 8 nitrogen and oxygen atoms in total. The Morgan fingerprint density at radius 1 is 1.50 bits per heavy atom. The highest BCUT2D eigenvalue weighted by molar-refractivity contribution is 5.87. The van der Waals surface area contributed by atoms with Crippen molar-refractivity contribution >= 4 is 5.97 Å². The molecular formula is C12H12N4O4. The van der Waals surface area contributed by atoms with Crippen LogP contribution in [0.4, 0.5) is 0 Å². The van der Waals surface area contributed by atoms with E-state index in [4.69, 9.17) is 9.26 Å². The number of hydrogen-bond donors (Lipinski definition) is 1. The van der Waals surface area contributed by atoms with E-state index in [-0.39, 0.29) is 29.6 Å². The number of carbonyl (C=O) groups excluding carboxylic acids is 1. The molecule has 0 atom stereocenters. The van der Waals surface area contributed by atoms with Gasteiger partial charge in [-0.15, -0.1) is 0 Å². The van der Waals surface area contributed by atoms with Gasteiger partial charge in [0, 0.05) is 18.9 Å². The summed E-state index contributed by atoms with van der Waals surface area (Å²) < 4.78 is 9.76. The Bertz CT molecular complexity index is 701. The van der Waals surface area contributed by atoms with Crippen molar-refractivity contribution in [1.82, 2.24) is 20.1 Å². The van der Waals surface area contributed by atoms with Gasteiger partial charge in [0.25, 0.3) is 5.56 Å². The number of esters is 1. The minimum Gasteiger partial charge on any atom is -0.453 e. The number of H-pyrrole nitrogens is 1. The van der Waals surface area contributed by atoms with Gasteiger partial charge in [0.2, 0.25) is 11.7 Å². The van der Waals surface area contributed by atoms with Crippen molar-refractivity contribution in [3.63, 3.8) is 0 Å². The van der Waals surface area contributed by atoms with Crippen LogP contribution in [0.2, 0.25) is 0 Å². The molecule has 1 saturated carbocycles. The first-order valence-electron chi connectivity index (χ1n) is 6.19. The Morgan fingerprint density at radius 2 is 2.30 bits per heavy atom. The van der Waals surface area contributed by atoms with E-state index >= 15 is 0 Å². The SMILES string of the molecule is Cc1nc(COC(=O)c2cc(=O)[nH]c(C3CC3)n2)no1. The van der Waals surface area contributed by atoms with Gasteiger partial charge in [-0.3, -0.25) is 4.79 Å². The van der Waals surface area contributed by atoms with Gasteiger partial charge in [0.1, 0.15) is 5.82 Å². The van der Waals surface area contributed by atoms with Crippen LogP contribution in [0.1, 0.15) is 46.8 Å². The molecule has 0 bridgehead atoms. The van der Waals surface area contributed by atoms with Crippen LogP contribution in [-0.2, 0) is 11.3 Å². The third kappa shape index (κ3) is 2.73. The minimum absolute atomic E-state index is 0.00383. The number of nitrogens with zero attached hydrogens (tertiary/aromatic N) is 3. The predicted octanol–water partition coefficient (Wildman–Crippen LogP) is 0.696. The van der Waals surface area contributed by atoms with E-state index in [1.807, 2.05) is 0 Å². The van der Waals surface area contributed by atoms with Crippen LogP contribution in [-0.4, -0.2) is 26.1 Å². The summed E-state index contributed by atoms with van der Waals surface area (Å²) in [6.45, 7) is 1.52. The Balaban J connectivity index is 1.71. The fourth-order valence-corrected chi connectivity index (χ4v) is 1.74. The summed E-state index contributed by atoms with van der Waals surface area (Å²) in [6, 6.07) is 1.12. The molecule has 1 aliphatic carbocycles. The van der Waals surface area contributed by atoms with Gasteiger partial charge in [-0.1, -0.05) is 5.16 Å². The maximum Gasteiger partial charge on any atom is 0.357 e. The van der Waals surface area contributed by atoms with Gasteiger partial charge >= 0.3 is 5.97 Å². The van der Waals surface area contributed by atoms with Crippen LogP contribution in [0.25, 0.3) is 0 Å². The molecule has 1 aliphatic rings. The second-order valence-corrected chi connectivity index (χ2v) is 4.60.